The molecule has 3 rings (SSSR count). The fourth-order valence-electron chi connectivity index (χ4n) is 4.88. The fraction of sp³-hybridized carbons (Fsp3) is 0.500. The molecule has 4 heteroatoms. The fourth-order valence-corrected chi connectivity index (χ4v) is 4.88. The van der Waals surface area contributed by atoms with Gasteiger partial charge in [-0.2, -0.15) is 0 Å². The van der Waals surface area contributed by atoms with Gasteiger partial charge in [0.1, 0.15) is 0 Å². The van der Waals surface area contributed by atoms with Crippen molar-refractivity contribution in [1.82, 2.24) is 0 Å². The van der Waals surface area contributed by atoms with Crippen LogP contribution in [0, 0.1) is 37.5 Å². The number of rotatable bonds is 3. The number of benzene rings is 1. The Morgan fingerprint density at radius 3 is 2.04 bits per heavy atom. The summed E-state index contributed by atoms with van der Waals surface area (Å²) in [5.41, 5.74) is 5.30. The molecule has 0 spiro atoms. The molecule has 2 fully saturated rings. The van der Waals surface area contributed by atoms with E-state index in [-0.39, 0.29) is 17.7 Å². The highest BCUT2D eigenvalue weighted by atomic mass is 16.4. The number of allylic oxidation sites excluding steroid dienone is 2. The summed E-state index contributed by atoms with van der Waals surface area (Å²) in [6, 6.07) is 5.90. The second kappa shape index (κ2) is 6.08. The van der Waals surface area contributed by atoms with Crippen LogP contribution in [-0.2, 0) is 9.59 Å². The number of hydrogen-bond acceptors (Lipinski definition) is 2. The van der Waals surface area contributed by atoms with Crippen molar-refractivity contribution >= 4 is 17.6 Å². The highest BCUT2D eigenvalue weighted by Crippen LogP contribution is 2.57. The number of aryl methyl sites for hydroxylation is 2. The minimum Gasteiger partial charge on any atom is -0.481 e. The second-order valence-corrected chi connectivity index (χ2v) is 7.50. The Labute approximate surface area is 143 Å². The molecule has 0 heterocycles. The molecule has 24 heavy (non-hydrogen) atoms. The van der Waals surface area contributed by atoms with E-state index >= 15 is 0 Å². The van der Waals surface area contributed by atoms with Crippen molar-refractivity contribution in [3.8, 4) is 0 Å². The van der Waals surface area contributed by atoms with Gasteiger partial charge in [-0.1, -0.05) is 17.2 Å². The maximum Gasteiger partial charge on any atom is 0.307 e. The zero-order valence-electron chi connectivity index (χ0n) is 14.7. The van der Waals surface area contributed by atoms with Crippen molar-refractivity contribution in [2.24, 2.45) is 23.7 Å². The van der Waals surface area contributed by atoms with Crippen LogP contribution in [0.4, 0.5) is 5.69 Å². The summed E-state index contributed by atoms with van der Waals surface area (Å²) in [5, 5.41) is 12.7. The van der Waals surface area contributed by atoms with E-state index in [0.717, 1.165) is 29.7 Å². The highest BCUT2D eigenvalue weighted by molar-refractivity contribution is 5.96. The van der Waals surface area contributed by atoms with Gasteiger partial charge in [0.25, 0.3) is 0 Å². The van der Waals surface area contributed by atoms with Gasteiger partial charge in [-0.3, -0.25) is 9.59 Å². The van der Waals surface area contributed by atoms with E-state index in [1.54, 1.807) is 0 Å². The van der Waals surface area contributed by atoms with Crippen LogP contribution in [0.1, 0.15) is 37.8 Å². The Kier molecular flexibility index (Phi) is 4.24. The molecule has 1 aromatic rings. The van der Waals surface area contributed by atoms with Crippen LogP contribution in [0.15, 0.2) is 29.3 Å². The molecule has 1 aromatic carbocycles. The lowest BCUT2D eigenvalue weighted by Gasteiger charge is -2.26. The molecule has 2 aliphatic carbocycles. The van der Waals surface area contributed by atoms with E-state index in [1.165, 1.54) is 11.1 Å². The largest absolute Gasteiger partial charge is 0.481 e. The van der Waals surface area contributed by atoms with E-state index < -0.39 is 17.8 Å². The molecule has 2 bridgehead atoms. The Hall–Kier alpha value is -2.10. The first-order valence-electron chi connectivity index (χ1n) is 8.59. The van der Waals surface area contributed by atoms with Gasteiger partial charge in [0.05, 0.1) is 11.8 Å². The van der Waals surface area contributed by atoms with Gasteiger partial charge in [0.15, 0.2) is 0 Å². The zero-order chi connectivity index (χ0) is 17.6. The Morgan fingerprint density at radius 2 is 1.54 bits per heavy atom. The first-order valence-corrected chi connectivity index (χ1v) is 8.59. The molecule has 128 valence electrons. The zero-order valence-corrected chi connectivity index (χ0v) is 14.7. The van der Waals surface area contributed by atoms with E-state index in [2.05, 4.69) is 11.4 Å². The normalized spacial score (nSPS) is 28.1. The highest BCUT2D eigenvalue weighted by Gasteiger charge is 2.57. The van der Waals surface area contributed by atoms with Gasteiger partial charge >= 0.3 is 5.97 Å². The Balaban J connectivity index is 1.91. The van der Waals surface area contributed by atoms with Crippen molar-refractivity contribution in [2.45, 2.75) is 40.5 Å². The smallest absolute Gasteiger partial charge is 0.307 e. The summed E-state index contributed by atoms with van der Waals surface area (Å²) in [7, 11) is 0. The quantitative estimate of drug-likeness (QED) is 0.827. The maximum absolute atomic E-state index is 12.9. The molecule has 1 amide bonds. The number of anilines is 1. The van der Waals surface area contributed by atoms with Crippen LogP contribution in [0.2, 0.25) is 0 Å². The van der Waals surface area contributed by atoms with E-state index in [1.807, 2.05) is 39.8 Å². The number of nitrogens with one attached hydrogen (secondary N) is 1. The molecule has 0 aliphatic heterocycles. The summed E-state index contributed by atoms with van der Waals surface area (Å²) in [5.74, 6) is -1.97. The van der Waals surface area contributed by atoms with Crippen molar-refractivity contribution in [3.05, 3.63) is 40.5 Å². The molecule has 2 saturated carbocycles. The van der Waals surface area contributed by atoms with Gasteiger partial charge < -0.3 is 10.4 Å². The van der Waals surface area contributed by atoms with Crippen molar-refractivity contribution < 1.29 is 14.7 Å². The van der Waals surface area contributed by atoms with Gasteiger partial charge in [-0.05, 0) is 75.6 Å². The van der Waals surface area contributed by atoms with Gasteiger partial charge in [0.2, 0.25) is 5.91 Å². The topological polar surface area (TPSA) is 66.4 Å². The minimum atomic E-state index is -0.846. The molecule has 2 N–H and O–H groups in total. The molecule has 0 unspecified atom stereocenters. The summed E-state index contributed by atoms with van der Waals surface area (Å²) >= 11 is 0. The van der Waals surface area contributed by atoms with Crippen LogP contribution >= 0.6 is 0 Å². The predicted octanol–water partition coefficient (Wildman–Crippen LogP) is 3.94. The number of carbonyl (C=O) groups excluding carboxylic acids is 1. The Morgan fingerprint density at radius 1 is 1.00 bits per heavy atom. The van der Waals surface area contributed by atoms with Crippen LogP contribution in [0.5, 0.6) is 0 Å². The number of hydrogen-bond donors (Lipinski definition) is 2. The lowest BCUT2D eigenvalue weighted by Crippen LogP contribution is -2.37. The number of amides is 1. The lowest BCUT2D eigenvalue weighted by molar-refractivity contribution is -0.148. The van der Waals surface area contributed by atoms with Crippen LogP contribution in [0.25, 0.3) is 0 Å². The number of carbonyl (C=O) groups is 2. The van der Waals surface area contributed by atoms with Gasteiger partial charge in [-0.25, -0.2) is 0 Å². The monoisotopic (exact) mass is 327 g/mol. The third kappa shape index (κ3) is 2.74. The average molecular weight is 327 g/mol. The molecule has 2 aliphatic rings. The van der Waals surface area contributed by atoms with Crippen LogP contribution in [-0.4, -0.2) is 17.0 Å². The summed E-state index contributed by atoms with van der Waals surface area (Å²) in [4.78, 5) is 24.7. The minimum absolute atomic E-state index is 0.0208. The second-order valence-electron chi connectivity index (χ2n) is 7.50. The number of carboxylic acid groups (broad SMARTS) is 1. The van der Waals surface area contributed by atoms with Crippen molar-refractivity contribution in [1.29, 1.82) is 0 Å². The number of aliphatic carboxylic acids is 1. The summed E-state index contributed by atoms with van der Waals surface area (Å²) < 4.78 is 0. The predicted molar refractivity (Wildman–Crippen MR) is 93.7 cm³/mol. The average Bonchev–Trinajstić information content (AvgIpc) is 3.01. The lowest BCUT2D eigenvalue weighted by atomic mass is 9.78. The molecule has 0 radical (unpaired) electrons. The summed E-state index contributed by atoms with van der Waals surface area (Å²) in [6.45, 7) is 8.04. The van der Waals surface area contributed by atoms with Crippen LogP contribution in [0.3, 0.4) is 0 Å². The molecular formula is C20H25NO3. The van der Waals surface area contributed by atoms with E-state index in [0.29, 0.717) is 0 Å². The maximum atomic E-state index is 12.9. The third-order valence-corrected chi connectivity index (χ3v) is 5.50. The van der Waals surface area contributed by atoms with Crippen molar-refractivity contribution in [2.75, 3.05) is 5.32 Å². The number of carboxylic acids is 1. The van der Waals surface area contributed by atoms with Crippen LogP contribution < -0.4 is 5.32 Å². The summed E-state index contributed by atoms with van der Waals surface area (Å²) in [6.07, 6.45) is 1.80. The SMILES string of the molecule is CC(C)=C1[C@H]2CC[C@H]1[C@H](C(=O)Nc1cc(C)cc(C)c1)[C@H]2C(=O)O. The standard InChI is InChI=1S/C20H25NO3/c1-10(2)16-14-5-6-15(16)18(20(23)24)17(14)19(22)21-13-8-11(3)7-12(4)9-13/h7-9,14-15,17-18H,5-6H2,1-4H3,(H,21,22)(H,23,24)/t14-,15-,17+,18+/m1/s1. The number of fused-ring (bicyclic) bond motifs is 2. The molecular weight excluding hydrogens is 302 g/mol. The van der Waals surface area contributed by atoms with E-state index in [4.69, 9.17) is 0 Å². The third-order valence-electron chi connectivity index (χ3n) is 5.50. The Bertz CT molecular complexity index is 710. The molecule has 0 saturated heterocycles. The van der Waals surface area contributed by atoms with E-state index in [9.17, 15) is 14.7 Å². The first-order chi connectivity index (χ1) is 11.3. The molecule has 4 atom stereocenters. The van der Waals surface area contributed by atoms with Gasteiger partial charge in [0, 0.05) is 5.69 Å². The first kappa shape index (κ1) is 16.7. The molecule has 4 nitrogen and oxygen atoms in total. The molecule has 0 aromatic heterocycles. The van der Waals surface area contributed by atoms with Gasteiger partial charge in [-0.15, -0.1) is 0 Å². The van der Waals surface area contributed by atoms with Crippen molar-refractivity contribution in [3.63, 3.8) is 0 Å².